The number of benzene rings is 2. The fourth-order valence-corrected chi connectivity index (χ4v) is 4.45. The minimum Gasteiger partial charge on any atom is -0.353 e. The molecule has 1 aliphatic rings. The van der Waals surface area contributed by atoms with Gasteiger partial charge >= 0.3 is 0 Å². The highest BCUT2D eigenvalue weighted by Gasteiger charge is 2.19. The van der Waals surface area contributed by atoms with Crippen LogP contribution in [0.15, 0.2) is 58.5 Å². The molecule has 2 aromatic carbocycles. The van der Waals surface area contributed by atoms with Gasteiger partial charge in [0, 0.05) is 11.1 Å². The average molecular weight is 414 g/mol. The number of thioether (sulfide) groups is 1. The topological polar surface area (TPSA) is 64.0 Å². The van der Waals surface area contributed by atoms with Crippen molar-refractivity contribution >= 4 is 40.2 Å². The van der Waals surface area contributed by atoms with Crippen molar-refractivity contribution in [2.24, 2.45) is 0 Å². The maximum absolute atomic E-state index is 13.1. The Labute approximate surface area is 172 Å². The van der Waals surface area contributed by atoms with E-state index in [0.717, 1.165) is 12.8 Å². The van der Waals surface area contributed by atoms with Crippen molar-refractivity contribution < 1.29 is 4.79 Å². The summed E-state index contributed by atoms with van der Waals surface area (Å²) in [7, 11) is 0. The molecule has 0 saturated heterocycles. The van der Waals surface area contributed by atoms with Crippen LogP contribution < -0.4 is 10.9 Å². The molecule has 0 atom stereocenters. The van der Waals surface area contributed by atoms with E-state index in [4.69, 9.17) is 11.6 Å². The van der Waals surface area contributed by atoms with Crippen molar-refractivity contribution in [3.05, 3.63) is 63.9 Å². The summed E-state index contributed by atoms with van der Waals surface area (Å²) < 4.78 is 1.55. The van der Waals surface area contributed by atoms with E-state index in [2.05, 4.69) is 10.3 Å². The number of fused-ring (bicyclic) bond motifs is 1. The summed E-state index contributed by atoms with van der Waals surface area (Å²) in [5.41, 5.74) is 1.13. The van der Waals surface area contributed by atoms with E-state index < -0.39 is 0 Å². The van der Waals surface area contributed by atoms with Crippen molar-refractivity contribution in [3.8, 4) is 5.69 Å². The molecule has 0 aliphatic heterocycles. The van der Waals surface area contributed by atoms with Crippen LogP contribution in [-0.4, -0.2) is 27.3 Å². The number of halogens is 1. The Kier molecular flexibility index (Phi) is 5.69. The molecule has 1 heterocycles. The SMILES string of the molecule is O=C(CSc1nc2ccccc2c(=O)n1-c1ccc(Cl)cc1)NC1CCCC1. The highest BCUT2D eigenvalue weighted by molar-refractivity contribution is 7.99. The zero-order valence-corrected chi connectivity index (χ0v) is 16.8. The molecular weight excluding hydrogens is 394 g/mol. The Hall–Kier alpha value is -2.31. The van der Waals surface area contributed by atoms with Gasteiger partial charge in [-0.1, -0.05) is 48.3 Å². The highest BCUT2D eigenvalue weighted by atomic mass is 35.5. The van der Waals surface area contributed by atoms with Crippen molar-refractivity contribution in [1.82, 2.24) is 14.9 Å². The van der Waals surface area contributed by atoms with Crippen molar-refractivity contribution in [2.75, 3.05) is 5.75 Å². The van der Waals surface area contributed by atoms with E-state index in [0.29, 0.717) is 26.8 Å². The van der Waals surface area contributed by atoms with Gasteiger partial charge in [0.15, 0.2) is 5.16 Å². The zero-order valence-electron chi connectivity index (χ0n) is 15.2. The summed E-state index contributed by atoms with van der Waals surface area (Å²) in [6.07, 6.45) is 4.42. The molecule has 0 radical (unpaired) electrons. The Morgan fingerprint density at radius 3 is 2.61 bits per heavy atom. The van der Waals surface area contributed by atoms with Gasteiger partial charge in [0.2, 0.25) is 5.91 Å². The standard InChI is InChI=1S/C21H20ClN3O2S/c22-14-9-11-16(12-10-14)25-20(27)17-7-3-4-8-18(17)24-21(25)28-13-19(26)23-15-5-1-2-6-15/h3-4,7-12,15H,1-2,5-6,13H2,(H,23,26). The predicted octanol–water partition coefficient (Wildman–Crippen LogP) is 4.19. The van der Waals surface area contributed by atoms with Crippen LogP contribution in [-0.2, 0) is 4.79 Å². The molecule has 4 rings (SSSR count). The van der Waals surface area contributed by atoms with Gasteiger partial charge in [0.05, 0.1) is 22.3 Å². The van der Waals surface area contributed by atoms with E-state index >= 15 is 0 Å². The van der Waals surface area contributed by atoms with Crippen LogP contribution in [0.2, 0.25) is 5.02 Å². The van der Waals surface area contributed by atoms with E-state index in [1.165, 1.54) is 24.6 Å². The Bertz CT molecular complexity index is 1060. The number of nitrogens with zero attached hydrogens (tertiary/aromatic N) is 2. The smallest absolute Gasteiger partial charge is 0.266 e. The lowest BCUT2D eigenvalue weighted by Crippen LogP contribution is -2.34. The third kappa shape index (κ3) is 4.08. The quantitative estimate of drug-likeness (QED) is 0.503. The van der Waals surface area contributed by atoms with Crippen LogP contribution in [0, 0.1) is 0 Å². The fraction of sp³-hybridized carbons (Fsp3) is 0.286. The molecule has 1 fully saturated rings. The first-order valence-electron chi connectivity index (χ1n) is 9.32. The summed E-state index contributed by atoms with van der Waals surface area (Å²) in [6, 6.07) is 14.5. The van der Waals surface area contributed by atoms with Crippen LogP contribution in [0.4, 0.5) is 0 Å². The lowest BCUT2D eigenvalue weighted by molar-refractivity contribution is -0.119. The summed E-state index contributed by atoms with van der Waals surface area (Å²) in [5.74, 6) is 0.191. The lowest BCUT2D eigenvalue weighted by atomic mass is 10.2. The maximum Gasteiger partial charge on any atom is 0.266 e. The molecule has 1 saturated carbocycles. The number of hydrogen-bond donors (Lipinski definition) is 1. The Morgan fingerprint density at radius 2 is 1.86 bits per heavy atom. The van der Waals surface area contributed by atoms with Gasteiger partial charge in [0.25, 0.3) is 5.56 Å². The highest BCUT2D eigenvalue weighted by Crippen LogP contribution is 2.23. The van der Waals surface area contributed by atoms with Gasteiger partial charge in [-0.15, -0.1) is 0 Å². The third-order valence-corrected chi connectivity index (χ3v) is 6.07. The second-order valence-corrected chi connectivity index (χ2v) is 8.25. The molecule has 0 bridgehead atoms. The van der Waals surface area contributed by atoms with E-state index in [-0.39, 0.29) is 23.3 Å². The minimum absolute atomic E-state index is 0.0260. The number of nitrogens with one attached hydrogen (secondary N) is 1. The molecule has 1 amide bonds. The lowest BCUT2D eigenvalue weighted by Gasteiger charge is -2.14. The largest absolute Gasteiger partial charge is 0.353 e. The molecule has 1 aliphatic carbocycles. The number of rotatable bonds is 5. The van der Waals surface area contributed by atoms with Crippen molar-refractivity contribution in [2.45, 2.75) is 36.9 Å². The van der Waals surface area contributed by atoms with Crippen LogP contribution in [0.3, 0.4) is 0 Å². The molecule has 28 heavy (non-hydrogen) atoms. The minimum atomic E-state index is -0.161. The first-order valence-corrected chi connectivity index (χ1v) is 10.7. The number of amides is 1. The van der Waals surface area contributed by atoms with E-state index in [1.807, 2.05) is 18.2 Å². The van der Waals surface area contributed by atoms with Gasteiger partial charge in [-0.05, 0) is 49.2 Å². The predicted molar refractivity (Wildman–Crippen MR) is 113 cm³/mol. The number of carbonyl (C=O) groups is 1. The first kappa shape index (κ1) is 19.0. The molecule has 1 aromatic heterocycles. The number of hydrogen-bond acceptors (Lipinski definition) is 4. The Balaban J connectivity index is 1.67. The number of para-hydroxylation sites is 1. The Morgan fingerprint density at radius 1 is 1.14 bits per heavy atom. The first-order chi connectivity index (χ1) is 13.6. The van der Waals surface area contributed by atoms with E-state index in [1.54, 1.807) is 34.9 Å². The van der Waals surface area contributed by atoms with E-state index in [9.17, 15) is 9.59 Å². The van der Waals surface area contributed by atoms with Gasteiger partial charge in [-0.2, -0.15) is 0 Å². The number of aromatic nitrogens is 2. The van der Waals surface area contributed by atoms with Crippen molar-refractivity contribution in [3.63, 3.8) is 0 Å². The van der Waals surface area contributed by atoms with Gasteiger partial charge < -0.3 is 5.32 Å². The average Bonchev–Trinajstić information content (AvgIpc) is 3.20. The molecule has 0 spiro atoms. The summed E-state index contributed by atoms with van der Waals surface area (Å²) in [5, 5.41) is 4.70. The zero-order chi connectivity index (χ0) is 19.5. The molecule has 3 aromatic rings. The van der Waals surface area contributed by atoms with Crippen LogP contribution >= 0.6 is 23.4 Å². The van der Waals surface area contributed by atoms with Crippen LogP contribution in [0.5, 0.6) is 0 Å². The molecule has 7 heteroatoms. The van der Waals surface area contributed by atoms with Crippen LogP contribution in [0.25, 0.3) is 16.6 Å². The van der Waals surface area contributed by atoms with Gasteiger partial charge in [-0.25, -0.2) is 4.98 Å². The van der Waals surface area contributed by atoms with Gasteiger partial charge in [-0.3, -0.25) is 14.2 Å². The molecule has 1 N–H and O–H groups in total. The summed E-state index contributed by atoms with van der Waals surface area (Å²) in [4.78, 5) is 30.1. The third-order valence-electron chi connectivity index (χ3n) is 4.88. The fourth-order valence-electron chi connectivity index (χ4n) is 3.50. The van der Waals surface area contributed by atoms with Gasteiger partial charge in [0.1, 0.15) is 0 Å². The second kappa shape index (κ2) is 8.37. The molecule has 0 unspecified atom stereocenters. The summed E-state index contributed by atoms with van der Waals surface area (Å²) >= 11 is 7.27. The van der Waals surface area contributed by atoms with Crippen LogP contribution in [0.1, 0.15) is 25.7 Å². The molecule has 5 nitrogen and oxygen atoms in total. The number of carbonyl (C=O) groups excluding carboxylic acids is 1. The second-order valence-electron chi connectivity index (χ2n) is 6.87. The summed E-state index contributed by atoms with van der Waals surface area (Å²) in [6.45, 7) is 0. The molecular formula is C21H20ClN3O2S. The van der Waals surface area contributed by atoms with Crippen molar-refractivity contribution in [1.29, 1.82) is 0 Å². The maximum atomic E-state index is 13.1. The normalized spacial score (nSPS) is 14.5. The monoisotopic (exact) mass is 413 g/mol. The molecule has 144 valence electrons.